The number of hydrogen-bond acceptors (Lipinski definition) is 1. The standard InChI is InChI=1S/C19H14S/c1-2-6-14(7-3-1)16-12-15-8-4-9-17(18(15)13-16)19-10-5-11-20-19/h1-11,13H,12H2. The number of rotatable bonds is 2. The van der Waals surface area contributed by atoms with Crippen molar-refractivity contribution in [3.63, 3.8) is 0 Å². The highest BCUT2D eigenvalue weighted by atomic mass is 32.1. The molecule has 1 aliphatic rings. The molecular weight excluding hydrogens is 260 g/mol. The molecule has 0 spiro atoms. The van der Waals surface area contributed by atoms with Gasteiger partial charge in [-0.1, -0.05) is 54.6 Å². The van der Waals surface area contributed by atoms with Gasteiger partial charge in [0.15, 0.2) is 0 Å². The third-order valence-corrected chi connectivity index (χ3v) is 4.73. The molecule has 20 heavy (non-hydrogen) atoms. The molecule has 0 nitrogen and oxygen atoms in total. The number of hydrogen-bond donors (Lipinski definition) is 0. The summed E-state index contributed by atoms with van der Waals surface area (Å²) in [6, 6.07) is 21.7. The van der Waals surface area contributed by atoms with Crippen LogP contribution < -0.4 is 0 Å². The number of fused-ring (bicyclic) bond motifs is 1. The number of benzene rings is 2. The average Bonchev–Trinajstić information content (AvgIpc) is 3.17. The molecule has 1 aromatic heterocycles. The Hall–Kier alpha value is -2.12. The van der Waals surface area contributed by atoms with Crippen molar-refractivity contribution in [3.8, 4) is 10.4 Å². The minimum Gasteiger partial charge on any atom is -0.144 e. The zero-order valence-electron chi connectivity index (χ0n) is 11.0. The minimum atomic E-state index is 1.04. The van der Waals surface area contributed by atoms with E-state index in [2.05, 4.69) is 72.1 Å². The molecular formula is C19H14S. The normalized spacial score (nSPS) is 13.1. The molecule has 0 saturated carbocycles. The van der Waals surface area contributed by atoms with E-state index in [0.717, 1.165) is 6.42 Å². The predicted molar refractivity (Wildman–Crippen MR) is 87.8 cm³/mol. The Balaban J connectivity index is 1.83. The first kappa shape index (κ1) is 11.7. The second kappa shape index (κ2) is 4.77. The molecule has 0 N–H and O–H groups in total. The molecule has 0 atom stereocenters. The Kier molecular flexibility index (Phi) is 2.79. The monoisotopic (exact) mass is 274 g/mol. The van der Waals surface area contributed by atoms with Crippen molar-refractivity contribution in [2.75, 3.05) is 0 Å². The summed E-state index contributed by atoms with van der Waals surface area (Å²) in [5.74, 6) is 0. The highest BCUT2D eigenvalue weighted by Crippen LogP contribution is 2.38. The van der Waals surface area contributed by atoms with E-state index in [1.807, 2.05) is 11.3 Å². The van der Waals surface area contributed by atoms with Crippen LogP contribution in [0.1, 0.15) is 16.7 Å². The van der Waals surface area contributed by atoms with E-state index in [9.17, 15) is 0 Å². The zero-order valence-corrected chi connectivity index (χ0v) is 11.9. The van der Waals surface area contributed by atoms with Crippen molar-refractivity contribution < 1.29 is 0 Å². The van der Waals surface area contributed by atoms with Crippen LogP contribution in [0, 0.1) is 0 Å². The largest absolute Gasteiger partial charge is 0.144 e. The molecule has 1 aliphatic carbocycles. The molecule has 4 rings (SSSR count). The van der Waals surface area contributed by atoms with Gasteiger partial charge in [-0.15, -0.1) is 11.3 Å². The summed E-state index contributed by atoms with van der Waals surface area (Å²) in [6.07, 6.45) is 3.40. The maximum Gasteiger partial charge on any atom is 0.0348 e. The molecule has 0 unspecified atom stereocenters. The quantitative estimate of drug-likeness (QED) is 0.578. The molecule has 0 aliphatic heterocycles. The second-order valence-electron chi connectivity index (χ2n) is 5.07. The Labute approximate surface area is 123 Å². The van der Waals surface area contributed by atoms with Crippen LogP contribution in [0.15, 0.2) is 66.0 Å². The molecule has 0 saturated heterocycles. The number of allylic oxidation sites excluding steroid dienone is 1. The van der Waals surface area contributed by atoms with E-state index in [0.29, 0.717) is 0 Å². The van der Waals surface area contributed by atoms with Gasteiger partial charge in [0.25, 0.3) is 0 Å². The molecule has 0 fully saturated rings. The lowest BCUT2D eigenvalue weighted by Crippen LogP contribution is -1.86. The first-order valence-electron chi connectivity index (χ1n) is 6.83. The van der Waals surface area contributed by atoms with Gasteiger partial charge in [-0.05, 0) is 51.8 Å². The van der Waals surface area contributed by atoms with Crippen molar-refractivity contribution in [3.05, 3.63) is 82.7 Å². The highest BCUT2D eigenvalue weighted by Gasteiger charge is 2.17. The predicted octanol–water partition coefficient (Wildman–Crippen LogP) is 5.51. The molecule has 96 valence electrons. The van der Waals surface area contributed by atoms with Crippen LogP contribution in [-0.4, -0.2) is 0 Å². The minimum absolute atomic E-state index is 1.04. The van der Waals surface area contributed by atoms with Crippen LogP contribution in [0.3, 0.4) is 0 Å². The van der Waals surface area contributed by atoms with Gasteiger partial charge in [-0.25, -0.2) is 0 Å². The first-order valence-corrected chi connectivity index (χ1v) is 7.71. The first-order chi connectivity index (χ1) is 9.92. The molecule has 1 heteroatoms. The van der Waals surface area contributed by atoms with Gasteiger partial charge in [0.1, 0.15) is 0 Å². The van der Waals surface area contributed by atoms with Crippen LogP contribution >= 0.6 is 11.3 Å². The van der Waals surface area contributed by atoms with Crippen molar-refractivity contribution in [2.24, 2.45) is 0 Å². The Bertz CT molecular complexity index is 765. The van der Waals surface area contributed by atoms with Crippen LogP contribution in [0.2, 0.25) is 0 Å². The average molecular weight is 274 g/mol. The van der Waals surface area contributed by atoms with E-state index < -0.39 is 0 Å². The van der Waals surface area contributed by atoms with Crippen LogP contribution in [0.5, 0.6) is 0 Å². The maximum absolute atomic E-state index is 2.36. The molecule has 2 aromatic carbocycles. The summed E-state index contributed by atoms with van der Waals surface area (Å²) in [7, 11) is 0. The Morgan fingerprint density at radius 2 is 1.70 bits per heavy atom. The number of thiophene rings is 1. The fraction of sp³-hybridized carbons (Fsp3) is 0.0526. The summed E-state index contributed by atoms with van der Waals surface area (Å²) < 4.78 is 0. The van der Waals surface area contributed by atoms with Crippen LogP contribution in [0.25, 0.3) is 22.1 Å². The van der Waals surface area contributed by atoms with Crippen molar-refractivity contribution in [1.29, 1.82) is 0 Å². The molecule has 3 aromatic rings. The highest BCUT2D eigenvalue weighted by molar-refractivity contribution is 7.13. The van der Waals surface area contributed by atoms with Crippen molar-refractivity contribution in [1.82, 2.24) is 0 Å². The van der Waals surface area contributed by atoms with Gasteiger partial charge in [0.05, 0.1) is 0 Å². The van der Waals surface area contributed by atoms with Crippen molar-refractivity contribution in [2.45, 2.75) is 6.42 Å². The van der Waals surface area contributed by atoms with Gasteiger partial charge >= 0.3 is 0 Å². The lowest BCUT2D eigenvalue weighted by atomic mass is 10.0. The van der Waals surface area contributed by atoms with E-state index in [1.54, 1.807) is 0 Å². The van der Waals surface area contributed by atoms with Gasteiger partial charge in [-0.2, -0.15) is 0 Å². The topological polar surface area (TPSA) is 0 Å². The summed E-state index contributed by atoms with van der Waals surface area (Å²) in [5, 5.41) is 2.14. The van der Waals surface area contributed by atoms with E-state index in [-0.39, 0.29) is 0 Å². The van der Waals surface area contributed by atoms with Gasteiger partial charge in [0.2, 0.25) is 0 Å². The lowest BCUT2D eigenvalue weighted by molar-refractivity contribution is 1.32. The fourth-order valence-corrected chi connectivity index (χ4v) is 3.62. The molecule has 0 bridgehead atoms. The smallest absolute Gasteiger partial charge is 0.0348 e. The fourth-order valence-electron chi connectivity index (χ4n) is 2.85. The van der Waals surface area contributed by atoms with Gasteiger partial charge in [-0.3, -0.25) is 0 Å². The Morgan fingerprint density at radius 3 is 2.50 bits per heavy atom. The van der Waals surface area contributed by atoms with Crippen LogP contribution in [0.4, 0.5) is 0 Å². The molecule has 1 heterocycles. The lowest BCUT2D eigenvalue weighted by Gasteiger charge is -2.04. The van der Waals surface area contributed by atoms with Crippen molar-refractivity contribution >= 4 is 23.0 Å². The summed E-state index contributed by atoms with van der Waals surface area (Å²) in [4.78, 5) is 1.35. The third-order valence-electron chi connectivity index (χ3n) is 3.83. The Morgan fingerprint density at radius 1 is 0.800 bits per heavy atom. The third kappa shape index (κ3) is 1.91. The summed E-state index contributed by atoms with van der Waals surface area (Å²) in [6.45, 7) is 0. The van der Waals surface area contributed by atoms with E-state index >= 15 is 0 Å². The maximum atomic E-state index is 2.36. The summed E-state index contributed by atoms with van der Waals surface area (Å²) >= 11 is 1.81. The summed E-state index contributed by atoms with van der Waals surface area (Å²) in [5.41, 5.74) is 6.96. The van der Waals surface area contributed by atoms with Crippen LogP contribution in [-0.2, 0) is 6.42 Å². The SMILES string of the molecule is C1=C(c2ccccc2)Cc2cccc(-c3cccs3)c21. The molecule has 0 radical (unpaired) electrons. The van der Waals surface area contributed by atoms with E-state index in [4.69, 9.17) is 0 Å². The van der Waals surface area contributed by atoms with E-state index in [1.165, 1.54) is 32.7 Å². The second-order valence-corrected chi connectivity index (χ2v) is 6.02. The zero-order chi connectivity index (χ0) is 13.4. The van der Waals surface area contributed by atoms with Gasteiger partial charge < -0.3 is 0 Å². The van der Waals surface area contributed by atoms with Gasteiger partial charge in [0, 0.05) is 4.88 Å². The molecule has 0 amide bonds.